The highest BCUT2D eigenvalue weighted by molar-refractivity contribution is 7.09. The van der Waals surface area contributed by atoms with Crippen molar-refractivity contribution in [3.63, 3.8) is 0 Å². The summed E-state index contributed by atoms with van der Waals surface area (Å²) in [6.45, 7) is 7.99. The summed E-state index contributed by atoms with van der Waals surface area (Å²) in [7, 11) is 0. The van der Waals surface area contributed by atoms with E-state index in [9.17, 15) is 4.79 Å². The van der Waals surface area contributed by atoms with Crippen LogP contribution < -0.4 is 0 Å². The van der Waals surface area contributed by atoms with Crippen LogP contribution in [0.4, 0.5) is 0 Å². The number of aryl methyl sites for hydroxylation is 2. The van der Waals surface area contributed by atoms with E-state index in [2.05, 4.69) is 22.9 Å². The van der Waals surface area contributed by atoms with Crippen LogP contribution >= 0.6 is 11.3 Å². The number of rotatable bonds is 4. The molecule has 1 amide bonds. The predicted molar refractivity (Wildman–Crippen MR) is 102 cm³/mol. The van der Waals surface area contributed by atoms with E-state index in [1.54, 1.807) is 11.3 Å². The van der Waals surface area contributed by atoms with Crippen LogP contribution in [0.15, 0.2) is 30.0 Å². The van der Waals surface area contributed by atoms with Crippen molar-refractivity contribution in [1.29, 1.82) is 0 Å². The number of imidazole rings is 1. The van der Waals surface area contributed by atoms with Gasteiger partial charge in [0.2, 0.25) is 5.91 Å². The molecule has 0 aliphatic carbocycles. The molecule has 136 valence electrons. The Hall–Kier alpha value is -2.25. The maximum Gasteiger partial charge on any atom is 0.224 e. The number of carbonyl (C=O) groups is 1. The smallest absolute Gasteiger partial charge is 0.224 e. The first-order chi connectivity index (χ1) is 12.6. The Morgan fingerprint density at radius 3 is 2.85 bits per heavy atom. The van der Waals surface area contributed by atoms with E-state index in [0.29, 0.717) is 13.0 Å². The molecule has 1 aliphatic heterocycles. The topological polar surface area (TPSA) is 53.7 Å². The summed E-state index contributed by atoms with van der Waals surface area (Å²) in [5.41, 5.74) is 6.05. The van der Waals surface area contributed by atoms with E-state index in [1.165, 1.54) is 4.88 Å². The Kier molecular flexibility index (Phi) is 4.74. The summed E-state index contributed by atoms with van der Waals surface area (Å²) in [5.74, 6) is 0.210. The van der Waals surface area contributed by atoms with Crippen molar-refractivity contribution in [2.75, 3.05) is 19.6 Å². The van der Waals surface area contributed by atoms with Gasteiger partial charge in [-0.1, -0.05) is 6.07 Å². The van der Waals surface area contributed by atoms with Gasteiger partial charge in [0.15, 0.2) is 0 Å². The van der Waals surface area contributed by atoms with Crippen LogP contribution in [-0.4, -0.2) is 49.7 Å². The number of thiazole rings is 1. The SMILES string of the molecule is Cc1ncsc1CN1CCC(=O)N(Cc2cn3cccc(C)c3n2)CC1. The quantitative estimate of drug-likeness (QED) is 0.709. The molecule has 1 saturated heterocycles. The minimum atomic E-state index is 0.210. The summed E-state index contributed by atoms with van der Waals surface area (Å²) in [6, 6.07) is 4.08. The summed E-state index contributed by atoms with van der Waals surface area (Å²) >= 11 is 1.69. The van der Waals surface area contributed by atoms with Gasteiger partial charge in [-0.05, 0) is 25.5 Å². The minimum absolute atomic E-state index is 0.210. The van der Waals surface area contributed by atoms with E-state index in [1.807, 2.05) is 40.2 Å². The molecular formula is C19H23N5OS. The molecule has 0 spiro atoms. The average molecular weight is 369 g/mol. The number of fused-ring (bicyclic) bond motifs is 1. The highest BCUT2D eigenvalue weighted by atomic mass is 32.1. The van der Waals surface area contributed by atoms with Gasteiger partial charge in [-0.2, -0.15) is 0 Å². The van der Waals surface area contributed by atoms with Crippen molar-refractivity contribution in [3.8, 4) is 0 Å². The second-order valence-corrected chi connectivity index (χ2v) is 7.80. The van der Waals surface area contributed by atoms with Crippen molar-refractivity contribution in [2.24, 2.45) is 0 Å². The molecule has 0 saturated carbocycles. The van der Waals surface area contributed by atoms with Crippen LogP contribution in [0, 0.1) is 13.8 Å². The number of amides is 1. The normalized spacial score (nSPS) is 16.4. The van der Waals surface area contributed by atoms with Crippen LogP contribution in [0.25, 0.3) is 5.65 Å². The van der Waals surface area contributed by atoms with Crippen LogP contribution in [-0.2, 0) is 17.9 Å². The maximum absolute atomic E-state index is 12.6. The zero-order valence-electron chi connectivity index (χ0n) is 15.2. The Morgan fingerprint density at radius 2 is 2.08 bits per heavy atom. The number of aromatic nitrogens is 3. The molecule has 0 N–H and O–H groups in total. The molecule has 3 aromatic heterocycles. The van der Waals surface area contributed by atoms with Crippen molar-refractivity contribution in [1.82, 2.24) is 24.2 Å². The van der Waals surface area contributed by atoms with Crippen LogP contribution in [0.3, 0.4) is 0 Å². The van der Waals surface area contributed by atoms with E-state index < -0.39 is 0 Å². The lowest BCUT2D eigenvalue weighted by atomic mass is 10.3. The van der Waals surface area contributed by atoms with E-state index in [4.69, 9.17) is 4.98 Å². The van der Waals surface area contributed by atoms with Crippen LogP contribution in [0.1, 0.15) is 28.2 Å². The largest absolute Gasteiger partial charge is 0.335 e. The monoisotopic (exact) mass is 369 g/mol. The maximum atomic E-state index is 12.6. The van der Waals surface area contributed by atoms with Gasteiger partial charge in [-0.3, -0.25) is 9.69 Å². The van der Waals surface area contributed by atoms with Gasteiger partial charge in [0.1, 0.15) is 5.65 Å². The van der Waals surface area contributed by atoms with Gasteiger partial charge in [0.05, 0.1) is 23.4 Å². The second-order valence-electron chi connectivity index (χ2n) is 6.86. The molecular weight excluding hydrogens is 346 g/mol. The Morgan fingerprint density at radius 1 is 1.19 bits per heavy atom. The fraction of sp³-hybridized carbons (Fsp3) is 0.421. The lowest BCUT2D eigenvalue weighted by molar-refractivity contribution is -0.131. The second kappa shape index (κ2) is 7.17. The fourth-order valence-electron chi connectivity index (χ4n) is 3.39. The number of nitrogens with zero attached hydrogens (tertiary/aromatic N) is 5. The summed E-state index contributed by atoms with van der Waals surface area (Å²) in [5, 5.41) is 0. The fourth-order valence-corrected chi connectivity index (χ4v) is 4.21. The predicted octanol–water partition coefficient (Wildman–Crippen LogP) is 2.64. The van der Waals surface area contributed by atoms with Crippen molar-refractivity contribution in [2.45, 2.75) is 33.4 Å². The van der Waals surface area contributed by atoms with Crippen molar-refractivity contribution >= 4 is 22.9 Å². The third-order valence-corrected chi connectivity index (χ3v) is 5.89. The molecule has 1 fully saturated rings. The third-order valence-electron chi connectivity index (χ3n) is 4.97. The number of carbonyl (C=O) groups excluding carboxylic acids is 1. The molecule has 4 heterocycles. The molecule has 1 aliphatic rings. The van der Waals surface area contributed by atoms with Gasteiger partial charge >= 0.3 is 0 Å². The van der Waals surface area contributed by atoms with Gasteiger partial charge in [-0.15, -0.1) is 11.3 Å². The van der Waals surface area contributed by atoms with Crippen LogP contribution in [0.2, 0.25) is 0 Å². The molecule has 7 heteroatoms. The van der Waals surface area contributed by atoms with Crippen molar-refractivity contribution in [3.05, 3.63) is 51.9 Å². The molecule has 6 nitrogen and oxygen atoms in total. The van der Waals surface area contributed by atoms with Gasteiger partial charge in [-0.25, -0.2) is 9.97 Å². The number of hydrogen-bond acceptors (Lipinski definition) is 5. The van der Waals surface area contributed by atoms with E-state index >= 15 is 0 Å². The van der Waals surface area contributed by atoms with E-state index in [-0.39, 0.29) is 5.91 Å². The first-order valence-corrected chi connectivity index (χ1v) is 9.80. The van der Waals surface area contributed by atoms with Gasteiger partial charge < -0.3 is 9.30 Å². The third kappa shape index (κ3) is 3.50. The molecule has 4 rings (SSSR count). The molecule has 0 aromatic carbocycles. The van der Waals surface area contributed by atoms with Gasteiger partial charge in [0, 0.05) is 49.9 Å². The lowest BCUT2D eigenvalue weighted by Crippen LogP contribution is -2.32. The highest BCUT2D eigenvalue weighted by Crippen LogP contribution is 2.18. The first-order valence-electron chi connectivity index (χ1n) is 8.92. The van der Waals surface area contributed by atoms with Crippen LogP contribution in [0.5, 0.6) is 0 Å². The Bertz CT molecular complexity index is 931. The van der Waals surface area contributed by atoms with E-state index in [0.717, 1.165) is 48.8 Å². The average Bonchev–Trinajstić information content (AvgIpc) is 3.17. The van der Waals surface area contributed by atoms with Crippen molar-refractivity contribution < 1.29 is 4.79 Å². The summed E-state index contributed by atoms with van der Waals surface area (Å²) < 4.78 is 2.03. The molecule has 0 bridgehead atoms. The summed E-state index contributed by atoms with van der Waals surface area (Å²) in [6.07, 6.45) is 4.59. The lowest BCUT2D eigenvalue weighted by Gasteiger charge is -2.21. The molecule has 0 radical (unpaired) electrons. The molecule has 0 unspecified atom stereocenters. The highest BCUT2D eigenvalue weighted by Gasteiger charge is 2.22. The first kappa shape index (κ1) is 17.2. The Labute approximate surface area is 157 Å². The molecule has 3 aromatic rings. The zero-order chi connectivity index (χ0) is 18.1. The minimum Gasteiger partial charge on any atom is -0.335 e. The molecule has 0 atom stereocenters. The number of hydrogen-bond donors (Lipinski definition) is 0. The standard InChI is InChI=1S/C19H23N5OS/c1-14-4-3-6-24-11-16(21-19(14)24)10-23-9-8-22(7-5-18(23)25)12-17-15(2)20-13-26-17/h3-4,6,11,13H,5,7-10,12H2,1-2H3. The molecule has 26 heavy (non-hydrogen) atoms. The summed E-state index contributed by atoms with van der Waals surface area (Å²) in [4.78, 5) is 27.2. The number of pyridine rings is 1. The zero-order valence-corrected chi connectivity index (χ0v) is 16.0. The Balaban J connectivity index is 1.44. The van der Waals surface area contributed by atoms with Gasteiger partial charge in [0.25, 0.3) is 0 Å².